The van der Waals surface area contributed by atoms with Crippen molar-refractivity contribution in [2.24, 2.45) is 4.99 Å². The smallest absolute Gasteiger partial charge is 0.185 e. The Morgan fingerprint density at radius 3 is 1.45 bits per heavy atom. The molecule has 0 amide bonds. The van der Waals surface area contributed by atoms with Crippen LogP contribution in [0.4, 0.5) is 0 Å². The maximum atomic E-state index is 5.39. The first-order valence-corrected chi connectivity index (χ1v) is 15.9. The van der Waals surface area contributed by atoms with E-state index in [-0.39, 0.29) is 11.2 Å². The molecule has 0 spiro atoms. The van der Waals surface area contributed by atoms with Crippen LogP contribution in [0.25, 0.3) is 0 Å². The molecule has 0 saturated carbocycles. The number of nitrogens with one attached hydrogen (secondary N) is 1. The van der Waals surface area contributed by atoms with Gasteiger partial charge < -0.3 is 5.32 Å². The third-order valence-electron chi connectivity index (χ3n) is 7.03. The zero-order valence-electron chi connectivity index (χ0n) is 21.1. The second kappa shape index (κ2) is 11.4. The molecule has 2 nitrogen and oxygen atoms in total. The first-order valence-electron chi connectivity index (χ1n) is 13.0. The van der Waals surface area contributed by atoms with Crippen LogP contribution >= 0.6 is 19.0 Å². The molecule has 1 heterocycles. The molecule has 1 aliphatic heterocycles. The summed E-state index contributed by atoms with van der Waals surface area (Å²) < 4.78 is 0. The fourth-order valence-electron chi connectivity index (χ4n) is 5.29. The van der Waals surface area contributed by atoms with E-state index in [9.17, 15) is 0 Å². The van der Waals surface area contributed by atoms with Crippen LogP contribution in [0.15, 0.2) is 157 Å². The molecule has 0 radical (unpaired) electrons. The summed E-state index contributed by atoms with van der Waals surface area (Å²) in [6, 6.07) is 54.6. The molecule has 5 aromatic rings. The van der Waals surface area contributed by atoms with Crippen LogP contribution in [0.3, 0.4) is 0 Å². The number of hydrogen-bond acceptors (Lipinski definition) is 3. The van der Waals surface area contributed by atoms with Gasteiger partial charge in [-0.2, -0.15) is 0 Å². The molecule has 1 N–H and O–H groups in total. The minimum Gasteiger partial charge on any atom is -0.332 e. The molecule has 38 heavy (non-hydrogen) atoms. The van der Waals surface area contributed by atoms with Crippen LogP contribution < -0.4 is 21.2 Å². The van der Waals surface area contributed by atoms with Crippen molar-refractivity contribution >= 4 is 40.8 Å². The van der Waals surface area contributed by atoms with Crippen molar-refractivity contribution in [2.75, 3.05) is 0 Å². The van der Waals surface area contributed by atoms with Crippen molar-refractivity contribution in [3.8, 4) is 0 Å². The highest BCUT2D eigenvalue weighted by Crippen LogP contribution is 2.62. The molecule has 0 aromatic heterocycles. The lowest BCUT2D eigenvalue weighted by molar-refractivity contribution is 0.831. The Balaban J connectivity index is 1.54. The summed E-state index contributed by atoms with van der Waals surface area (Å²) in [7, 11) is -2.18. The standard InChI is InChI=1S/C34H30N2PS/c1-6-16-27(17-7-1)26-38-34-33(35-32(36-34)28-18-8-2-9-19-28)37(29-20-10-3-11-21-29,30-22-12-4-13-23-30)31-24-14-5-15-25-31/h1-25,33-34H,26H2,(H,35,36)/q+1/t33-,34+/m0/s1. The predicted octanol–water partition coefficient (Wildman–Crippen LogP) is 6.62. The van der Waals surface area contributed by atoms with Gasteiger partial charge >= 0.3 is 0 Å². The second-order valence-electron chi connectivity index (χ2n) is 9.35. The van der Waals surface area contributed by atoms with E-state index in [0.29, 0.717) is 0 Å². The summed E-state index contributed by atoms with van der Waals surface area (Å²) in [6.07, 6.45) is 0. The predicted molar refractivity (Wildman–Crippen MR) is 167 cm³/mol. The van der Waals surface area contributed by atoms with Crippen LogP contribution in [0, 0.1) is 0 Å². The van der Waals surface area contributed by atoms with E-state index in [1.54, 1.807) is 0 Å². The van der Waals surface area contributed by atoms with Gasteiger partial charge in [0.2, 0.25) is 0 Å². The maximum absolute atomic E-state index is 5.39. The first kappa shape index (κ1) is 24.7. The Hall–Kier alpha value is -3.65. The van der Waals surface area contributed by atoms with Crippen molar-refractivity contribution in [1.29, 1.82) is 0 Å². The van der Waals surface area contributed by atoms with Gasteiger partial charge in [0, 0.05) is 11.3 Å². The molecule has 0 aliphatic carbocycles. The fraction of sp³-hybridized carbons (Fsp3) is 0.0882. The minimum atomic E-state index is -2.18. The lowest BCUT2D eigenvalue weighted by Crippen LogP contribution is -2.48. The van der Waals surface area contributed by atoms with Crippen LogP contribution in [0.1, 0.15) is 11.1 Å². The van der Waals surface area contributed by atoms with E-state index < -0.39 is 7.26 Å². The molecule has 0 bridgehead atoms. The van der Waals surface area contributed by atoms with Gasteiger partial charge in [0.15, 0.2) is 11.2 Å². The minimum absolute atomic E-state index is 0.0411. The SMILES string of the molecule is c1ccc(CS[C@H]2N=C(c3ccccc3)N[C@H]2[P+](c2ccccc2)(c2ccccc2)c2ccccc2)cc1. The van der Waals surface area contributed by atoms with E-state index in [1.165, 1.54) is 21.5 Å². The van der Waals surface area contributed by atoms with Crippen molar-refractivity contribution in [3.63, 3.8) is 0 Å². The highest BCUT2D eigenvalue weighted by atomic mass is 32.2. The molecule has 186 valence electrons. The van der Waals surface area contributed by atoms with Crippen molar-refractivity contribution in [3.05, 3.63) is 163 Å². The Bertz CT molecular complexity index is 1380. The van der Waals surface area contributed by atoms with E-state index in [1.807, 2.05) is 11.8 Å². The lowest BCUT2D eigenvalue weighted by atomic mass is 10.2. The summed E-state index contributed by atoms with van der Waals surface area (Å²) in [5.74, 6) is 1.99. The van der Waals surface area contributed by atoms with Crippen LogP contribution in [-0.2, 0) is 5.75 Å². The summed E-state index contributed by atoms with van der Waals surface area (Å²) in [5.41, 5.74) is 2.45. The monoisotopic (exact) mass is 529 g/mol. The van der Waals surface area contributed by atoms with Gasteiger partial charge in [0.25, 0.3) is 0 Å². The normalized spacial score (nSPS) is 17.0. The molecule has 0 saturated heterocycles. The van der Waals surface area contributed by atoms with Crippen LogP contribution in [0.5, 0.6) is 0 Å². The third-order valence-corrected chi connectivity index (χ3v) is 13.0. The van der Waals surface area contributed by atoms with Crippen molar-refractivity contribution < 1.29 is 0 Å². The number of aliphatic imine (C=N–C) groups is 1. The maximum Gasteiger partial charge on any atom is 0.185 e. The van der Waals surface area contributed by atoms with Gasteiger partial charge in [-0.1, -0.05) is 115 Å². The van der Waals surface area contributed by atoms with Crippen molar-refractivity contribution in [2.45, 2.75) is 16.9 Å². The number of rotatable bonds is 8. The van der Waals surface area contributed by atoms with E-state index in [4.69, 9.17) is 4.99 Å². The zero-order chi connectivity index (χ0) is 25.6. The number of thioether (sulfide) groups is 1. The fourth-order valence-corrected chi connectivity index (χ4v) is 11.6. The zero-order valence-corrected chi connectivity index (χ0v) is 22.8. The van der Waals surface area contributed by atoms with Gasteiger partial charge in [-0.25, -0.2) is 4.99 Å². The van der Waals surface area contributed by atoms with Gasteiger partial charge in [0.05, 0.1) is 0 Å². The number of amidine groups is 1. The first-order chi connectivity index (χ1) is 18.9. The number of benzene rings is 5. The number of hydrogen-bond donors (Lipinski definition) is 1. The summed E-state index contributed by atoms with van der Waals surface area (Å²) >= 11 is 1.93. The summed E-state index contributed by atoms with van der Waals surface area (Å²) in [4.78, 5) is 5.39. The number of nitrogens with zero attached hydrogens (tertiary/aromatic N) is 1. The van der Waals surface area contributed by atoms with Crippen molar-refractivity contribution in [1.82, 2.24) is 5.32 Å². The van der Waals surface area contributed by atoms with E-state index in [0.717, 1.165) is 17.2 Å². The molecule has 0 unspecified atom stereocenters. The summed E-state index contributed by atoms with van der Waals surface area (Å²) in [6.45, 7) is 0. The molecule has 0 fully saturated rings. The molecule has 1 aliphatic rings. The lowest BCUT2D eigenvalue weighted by Gasteiger charge is -2.35. The highest BCUT2D eigenvalue weighted by Gasteiger charge is 2.58. The van der Waals surface area contributed by atoms with Gasteiger partial charge in [-0.05, 0) is 42.0 Å². The topological polar surface area (TPSA) is 24.4 Å². The quantitative estimate of drug-likeness (QED) is 0.229. The Labute approximate surface area is 230 Å². The molecular formula is C34H30N2PS+. The summed E-state index contributed by atoms with van der Waals surface area (Å²) in [5, 5.41) is 8.15. The average molecular weight is 530 g/mol. The molecule has 5 aromatic carbocycles. The van der Waals surface area contributed by atoms with E-state index in [2.05, 4.69) is 157 Å². The Morgan fingerprint density at radius 2 is 0.974 bits per heavy atom. The van der Waals surface area contributed by atoms with Crippen LogP contribution in [-0.4, -0.2) is 17.0 Å². The largest absolute Gasteiger partial charge is 0.332 e. The van der Waals surface area contributed by atoms with E-state index >= 15 is 0 Å². The average Bonchev–Trinajstić information content (AvgIpc) is 3.44. The molecular weight excluding hydrogens is 499 g/mol. The van der Waals surface area contributed by atoms with Gasteiger partial charge in [-0.15, -0.1) is 11.8 Å². The van der Waals surface area contributed by atoms with Gasteiger partial charge in [-0.3, -0.25) is 0 Å². The van der Waals surface area contributed by atoms with Crippen LogP contribution in [0.2, 0.25) is 0 Å². The molecule has 6 rings (SSSR count). The Morgan fingerprint density at radius 1 is 0.553 bits per heavy atom. The molecule has 4 heteroatoms. The molecule has 2 atom stereocenters. The Kier molecular flexibility index (Phi) is 7.40. The third kappa shape index (κ3) is 4.80. The second-order valence-corrected chi connectivity index (χ2v) is 14.0. The highest BCUT2D eigenvalue weighted by molar-refractivity contribution is 8.01. The van der Waals surface area contributed by atoms with Gasteiger partial charge in [0.1, 0.15) is 29.0 Å².